The molecule has 5 heteroatoms. The molecule has 2 rings (SSSR count). The topological polar surface area (TPSA) is 61.0 Å². The summed E-state index contributed by atoms with van der Waals surface area (Å²) in [4.78, 5) is 13.1. The van der Waals surface area contributed by atoms with Gasteiger partial charge in [-0.1, -0.05) is 0 Å². The number of anilines is 1. The van der Waals surface area contributed by atoms with Gasteiger partial charge in [-0.05, 0) is 13.8 Å². The van der Waals surface area contributed by atoms with E-state index >= 15 is 0 Å². The third-order valence-corrected chi connectivity index (χ3v) is 2.22. The summed E-state index contributed by atoms with van der Waals surface area (Å²) in [6.45, 7) is 5.24. The van der Waals surface area contributed by atoms with E-state index in [1.54, 1.807) is 4.90 Å². The van der Waals surface area contributed by atoms with Gasteiger partial charge >= 0.3 is 6.03 Å². The molecule has 0 spiro atoms. The molecule has 2 heterocycles. The number of amides is 2. The lowest BCUT2D eigenvalue weighted by atomic mass is 10.3. The molecule has 0 saturated carbocycles. The van der Waals surface area contributed by atoms with E-state index in [0.29, 0.717) is 6.54 Å². The number of aryl methyl sites for hydroxylation is 2. The highest BCUT2D eigenvalue weighted by molar-refractivity contribution is 5.95. The summed E-state index contributed by atoms with van der Waals surface area (Å²) < 4.78 is 0. The Morgan fingerprint density at radius 1 is 1.46 bits per heavy atom. The van der Waals surface area contributed by atoms with Crippen molar-refractivity contribution in [3.8, 4) is 0 Å². The van der Waals surface area contributed by atoms with Crippen LogP contribution in [-0.2, 0) is 0 Å². The van der Waals surface area contributed by atoms with Crippen LogP contribution in [0.5, 0.6) is 0 Å². The molecule has 1 fully saturated rings. The molecule has 1 aromatic heterocycles. The van der Waals surface area contributed by atoms with E-state index in [4.69, 9.17) is 0 Å². The Kier molecular flexibility index (Phi) is 1.72. The average Bonchev–Trinajstić information content (AvgIpc) is 2.60. The van der Waals surface area contributed by atoms with E-state index in [-0.39, 0.29) is 6.03 Å². The van der Waals surface area contributed by atoms with Crippen LogP contribution in [0.3, 0.4) is 0 Å². The summed E-state index contributed by atoms with van der Waals surface area (Å²) in [6, 6.07) is -0.0346. The Labute approximate surface area is 76.1 Å². The Morgan fingerprint density at radius 3 is 2.69 bits per heavy atom. The SMILES string of the molecule is Cc1n[nH]c(C)c1N1CCNC1=O. The Morgan fingerprint density at radius 2 is 2.23 bits per heavy atom. The van der Waals surface area contributed by atoms with E-state index in [0.717, 1.165) is 23.6 Å². The second kappa shape index (κ2) is 2.76. The lowest BCUT2D eigenvalue weighted by Gasteiger charge is -2.13. The van der Waals surface area contributed by atoms with Crippen LogP contribution in [0.15, 0.2) is 0 Å². The predicted octanol–water partition coefficient (Wildman–Crippen LogP) is 0.556. The van der Waals surface area contributed by atoms with E-state index < -0.39 is 0 Å². The fourth-order valence-corrected chi connectivity index (χ4v) is 1.63. The number of nitrogens with zero attached hydrogens (tertiary/aromatic N) is 2. The zero-order chi connectivity index (χ0) is 9.42. The zero-order valence-electron chi connectivity index (χ0n) is 7.72. The van der Waals surface area contributed by atoms with Gasteiger partial charge < -0.3 is 5.32 Å². The van der Waals surface area contributed by atoms with Crippen LogP contribution >= 0.6 is 0 Å². The first-order chi connectivity index (χ1) is 6.20. The third-order valence-electron chi connectivity index (χ3n) is 2.22. The summed E-state index contributed by atoms with van der Waals surface area (Å²) >= 11 is 0. The molecule has 1 saturated heterocycles. The van der Waals surface area contributed by atoms with E-state index in [1.165, 1.54) is 0 Å². The maximum atomic E-state index is 11.4. The molecule has 0 aliphatic carbocycles. The fourth-order valence-electron chi connectivity index (χ4n) is 1.63. The van der Waals surface area contributed by atoms with Crippen LogP contribution in [0.25, 0.3) is 0 Å². The second-order valence-electron chi connectivity index (χ2n) is 3.17. The maximum absolute atomic E-state index is 11.4. The van der Waals surface area contributed by atoms with Crippen LogP contribution in [0.1, 0.15) is 11.4 Å². The van der Waals surface area contributed by atoms with Crippen LogP contribution < -0.4 is 10.2 Å². The molecule has 5 nitrogen and oxygen atoms in total. The fraction of sp³-hybridized carbons (Fsp3) is 0.500. The molecule has 13 heavy (non-hydrogen) atoms. The number of hydrogen-bond acceptors (Lipinski definition) is 2. The van der Waals surface area contributed by atoms with Gasteiger partial charge in [0.05, 0.1) is 17.1 Å². The van der Waals surface area contributed by atoms with Crippen LogP contribution in [0, 0.1) is 13.8 Å². The standard InChI is InChI=1S/C8H12N4O/c1-5-7(6(2)11-10-5)12-4-3-9-8(12)13/h3-4H2,1-2H3,(H,9,13)(H,10,11). The minimum atomic E-state index is -0.0346. The molecule has 70 valence electrons. The van der Waals surface area contributed by atoms with Crippen molar-refractivity contribution in [2.45, 2.75) is 13.8 Å². The highest BCUT2D eigenvalue weighted by Gasteiger charge is 2.25. The first-order valence-electron chi connectivity index (χ1n) is 4.27. The largest absolute Gasteiger partial charge is 0.336 e. The molecule has 0 bridgehead atoms. The Balaban J connectivity index is 2.39. The summed E-state index contributed by atoms with van der Waals surface area (Å²) in [6.07, 6.45) is 0. The lowest BCUT2D eigenvalue weighted by molar-refractivity contribution is 0.252. The molecule has 0 aromatic carbocycles. The van der Waals surface area contributed by atoms with Gasteiger partial charge in [0.25, 0.3) is 0 Å². The van der Waals surface area contributed by atoms with Gasteiger partial charge in [0, 0.05) is 13.1 Å². The van der Waals surface area contributed by atoms with Gasteiger partial charge in [-0.25, -0.2) is 4.79 Å². The summed E-state index contributed by atoms with van der Waals surface area (Å²) in [5.41, 5.74) is 2.72. The first kappa shape index (κ1) is 8.10. The number of carbonyl (C=O) groups excluding carboxylic acids is 1. The normalized spacial score (nSPS) is 16.5. The first-order valence-corrected chi connectivity index (χ1v) is 4.27. The summed E-state index contributed by atoms with van der Waals surface area (Å²) in [5.74, 6) is 0. The molecule has 0 unspecified atom stereocenters. The van der Waals surface area contributed by atoms with Gasteiger partial charge in [-0.3, -0.25) is 10.00 Å². The molecule has 1 aliphatic heterocycles. The number of H-pyrrole nitrogens is 1. The highest BCUT2D eigenvalue weighted by Crippen LogP contribution is 2.22. The summed E-state index contributed by atoms with van der Waals surface area (Å²) in [7, 11) is 0. The minimum absolute atomic E-state index is 0.0346. The number of aromatic nitrogens is 2. The number of nitrogens with one attached hydrogen (secondary N) is 2. The highest BCUT2D eigenvalue weighted by atomic mass is 16.2. The van der Waals surface area contributed by atoms with Crippen molar-refractivity contribution in [2.24, 2.45) is 0 Å². The van der Waals surface area contributed by atoms with Gasteiger partial charge in [-0.15, -0.1) is 0 Å². The van der Waals surface area contributed by atoms with E-state index in [9.17, 15) is 4.79 Å². The van der Waals surface area contributed by atoms with Crippen molar-refractivity contribution in [2.75, 3.05) is 18.0 Å². The second-order valence-corrected chi connectivity index (χ2v) is 3.17. The zero-order valence-corrected chi connectivity index (χ0v) is 7.72. The molecular formula is C8H12N4O. The van der Waals surface area contributed by atoms with Gasteiger partial charge in [-0.2, -0.15) is 5.10 Å². The third kappa shape index (κ3) is 1.16. The number of carbonyl (C=O) groups is 1. The summed E-state index contributed by atoms with van der Waals surface area (Å²) in [5, 5.41) is 9.67. The Hall–Kier alpha value is -1.52. The van der Waals surface area contributed by atoms with Gasteiger partial charge in [0.15, 0.2) is 0 Å². The molecule has 0 radical (unpaired) electrons. The van der Waals surface area contributed by atoms with Crippen molar-refractivity contribution in [1.29, 1.82) is 0 Å². The van der Waals surface area contributed by atoms with Crippen molar-refractivity contribution >= 4 is 11.7 Å². The molecular weight excluding hydrogens is 168 g/mol. The monoisotopic (exact) mass is 180 g/mol. The number of aromatic amines is 1. The van der Waals surface area contributed by atoms with Crippen molar-refractivity contribution in [1.82, 2.24) is 15.5 Å². The van der Waals surface area contributed by atoms with Crippen LogP contribution in [-0.4, -0.2) is 29.3 Å². The number of rotatable bonds is 1. The average molecular weight is 180 g/mol. The molecule has 2 N–H and O–H groups in total. The van der Waals surface area contributed by atoms with Crippen molar-refractivity contribution in [3.05, 3.63) is 11.4 Å². The van der Waals surface area contributed by atoms with E-state index in [1.807, 2.05) is 13.8 Å². The molecule has 1 aromatic rings. The Bertz CT molecular complexity index is 324. The van der Waals surface area contributed by atoms with Crippen LogP contribution in [0.4, 0.5) is 10.5 Å². The van der Waals surface area contributed by atoms with Gasteiger partial charge in [0.2, 0.25) is 0 Å². The molecule has 0 atom stereocenters. The van der Waals surface area contributed by atoms with E-state index in [2.05, 4.69) is 15.5 Å². The lowest BCUT2D eigenvalue weighted by Crippen LogP contribution is -2.28. The van der Waals surface area contributed by atoms with Crippen LogP contribution in [0.2, 0.25) is 0 Å². The van der Waals surface area contributed by atoms with Crippen molar-refractivity contribution in [3.63, 3.8) is 0 Å². The molecule has 2 amide bonds. The maximum Gasteiger partial charge on any atom is 0.322 e. The number of hydrogen-bond donors (Lipinski definition) is 2. The minimum Gasteiger partial charge on any atom is -0.336 e. The van der Waals surface area contributed by atoms with Gasteiger partial charge in [0.1, 0.15) is 0 Å². The molecule has 1 aliphatic rings. The predicted molar refractivity (Wildman–Crippen MR) is 48.8 cm³/mol. The van der Waals surface area contributed by atoms with Crippen molar-refractivity contribution < 1.29 is 4.79 Å². The number of urea groups is 1. The smallest absolute Gasteiger partial charge is 0.322 e. The quantitative estimate of drug-likeness (QED) is 0.663.